The van der Waals surface area contributed by atoms with E-state index in [1.165, 1.54) is 12.1 Å². The fourth-order valence-electron chi connectivity index (χ4n) is 2.38. The van der Waals surface area contributed by atoms with Gasteiger partial charge in [-0.1, -0.05) is 42.5 Å². The third-order valence-corrected chi connectivity index (χ3v) is 3.62. The molecule has 0 saturated carbocycles. The van der Waals surface area contributed by atoms with E-state index in [9.17, 15) is 15.4 Å². The zero-order valence-corrected chi connectivity index (χ0v) is 12.1. The highest BCUT2D eigenvalue weighted by Crippen LogP contribution is 2.24. The lowest BCUT2D eigenvalue weighted by Gasteiger charge is -1.99. The molecule has 0 N–H and O–H groups in total. The van der Waals surface area contributed by atoms with E-state index < -0.39 is 4.92 Å². The molecule has 2 aliphatic rings. The number of hydrogen-bond acceptors (Lipinski definition) is 3. The number of nitro groups is 1. The van der Waals surface area contributed by atoms with Gasteiger partial charge in [-0.3, -0.25) is 10.1 Å². The summed E-state index contributed by atoms with van der Waals surface area (Å²) in [6.45, 7) is 0. The molecule has 0 unspecified atom stereocenters. The molecule has 0 saturated heterocycles. The second kappa shape index (κ2) is 6.12. The average molecular weight is 300 g/mol. The number of nitro benzene ring substituents is 1. The molecule has 0 aliphatic heterocycles. The van der Waals surface area contributed by atoms with Crippen LogP contribution in [0, 0.1) is 21.4 Å². The average Bonchev–Trinajstić information content (AvgIpc) is 2.93. The van der Waals surface area contributed by atoms with Gasteiger partial charge in [-0.05, 0) is 40.5 Å². The van der Waals surface area contributed by atoms with Crippen LogP contribution in [0.3, 0.4) is 0 Å². The predicted molar refractivity (Wildman–Crippen MR) is 89.6 cm³/mol. The first-order chi connectivity index (χ1) is 11.2. The van der Waals surface area contributed by atoms with Gasteiger partial charge in [-0.25, -0.2) is 0 Å². The Hall–Kier alpha value is -3.45. The van der Waals surface area contributed by atoms with E-state index in [1.54, 1.807) is 18.2 Å². The molecule has 0 atom stereocenters. The van der Waals surface area contributed by atoms with Crippen LogP contribution < -0.4 is 0 Å². The van der Waals surface area contributed by atoms with Crippen molar-refractivity contribution in [2.45, 2.75) is 0 Å². The molecule has 1 aromatic carbocycles. The van der Waals surface area contributed by atoms with Gasteiger partial charge in [0.05, 0.1) is 16.6 Å². The fraction of sp³-hybridized carbons (Fsp3) is 0. The molecule has 0 amide bonds. The lowest BCUT2D eigenvalue weighted by Crippen LogP contribution is -1.88. The molecule has 0 aromatic heterocycles. The Labute approximate surface area is 133 Å². The van der Waals surface area contributed by atoms with Crippen LogP contribution in [0.25, 0.3) is 22.8 Å². The Morgan fingerprint density at radius 1 is 0.957 bits per heavy atom. The molecule has 3 rings (SSSR count). The number of nitrogens with zero attached hydrogens (tertiary/aromatic N) is 2. The minimum Gasteiger partial charge on any atom is -0.258 e. The highest BCUT2D eigenvalue weighted by molar-refractivity contribution is 5.90. The van der Waals surface area contributed by atoms with Gasteiger partial charge in [0.2, 0.25) is 0 Å². The predicted octanol–water partition coefficient (Wildman–Crippen LogP) is 4.76. The highest BCUT2D eigenvalue weighted by atomic mass is 16.6. The van der Waals surface area contributed by atoms with Gasteiger partial charge >= 0.3 is 0 Å². The zero-order chi connectivity index (χ0) is 16.2. The summed E-state index contributed by atoms with van der Waals surface area (Å²) < 4.78 is 0. The molecule has 0 radical (unpaired) electrons. The van der Waals surface area contributed by atoms with Crippen molar-refractivity contribution in [3.05, 3.63) is 88.0 Å². The third kappa shape index (κ3) is 3.09. The van der Waals surface area contributed by atoms with Crippen molar-refractivity contribution in [3.63, 3.8) is 0 Å². The summed E-state index contributed by atoms with van der Waals surface area (Å²) in [7, 11) is 0. The summed E-state index contributed by atoms with van der Waals surface area (Å²) in [5.74, 6) is 0. The highest BCUT2D eigenvalue weighted by Gasteiger charge is 2.07. The third-order valence-electron chi connectivity index (χ3n) is 3.62. The summed E-state index contributed by atoms with van der Waals surface area (Å²) in [6, 6.07) is 22.1. The quantitative estimate of drug-likeness (QED) is 0.398. The number of fused-ring (bicyclic) bond motifs is 1. The Morgan fingerprint density at radius 2 is 1.57 bits per heavy atom. The maximum Gasteiger partial charge on any atom is 0.269 e. The number of rotatable bonds is 3. The molecule has 110 valence electrons. The normalized spacial score (nSPS) is 11.2. The first-order valence-electron chi connectivity index (χ1n) is 7.03. The SMILES string of the molecule is N#CC(=Cc1ccc2cccc-2cc1)c1ccc([N+](=O)[O-])cc1. The lowest BCUT2D eigenvalue weighted by molar-refractivity contribution is -0.384. The summed E-state index contributed by atoms with van der Waals surface area (Å²) in [5, 5.41) is 20.1. The number of benzene rings is 1. The molecule has 4 heteroatoms. The molecule has 0 spiro atoms. The van der Waals surface area contributed by atoms with Gasteiger partial charge in [0.25, 0.3) is 5.69 Å². The van der Waals surface area contributed by atoms with Crippen molar-refractivity contribution in [1.82, 2.24) is 0 Å². The van der Waals surface area contributed by atoms with Crippen LogP contribution in [-0.4, -0.2) is 4.92 Å². The maximum atomic E-state index is 10.7. The first-order valence-corrected chi connectivity index (χ1v) is 7.03. The van der Waals surface area contributed by atoms with Crippen LogP contribution in [0.2, 0.25) is 0 Å². The first kappa shape index (κ1) is 14.5. The Morgan fingerprint density at radius 3 is 2.09 bits per heavy atom. The van der Waals surface area contributed by atoms with E-state index in [4.69, 9.17) is 0 Å². The van der Waals surface area contributed by atoms with Crippen LogP contribution in [0.5, 0.6) is 0 Å². The van der Waals surface area contributed by atoms with Gasteiger partial charge in [-0.15, -0.1) is 0 Å². The van der Waals surface area contributed by atoms with Crippen LogP contribution in [0.4, 0.5) is 5.69 Å². The maximum absolute atomic E-state index is 10.7. The van der Waals surface area contributed by atoms with E-state index in [-0.39, 0.29) is 5.69 Å². The van der Waals surface area contributed by atoms with Crippen molar-refractivity contribution in [1.29, 1.82) is 5.26 Å². The van der Waals surface area contributed by atoms with Crippen LogP contribution >= 0.6 is 0 Å². The molecular formula is C19H12N2O2. The molecular weight excluding hydrogens is 288 g/mol. The molecule has 0 fully saturated rings. The van der Waals surface area contributed by atoms with Crippen molar-refractivity contribution in [2.24, 2.45) is 0 Å². The Balaban J connectivity index is 1.98. The topological polar surface area (TPSA) is 66.9 Å². The van der Waals surface area contributed by atoms with Crippen molar-refractivity contribution < 1.29 is 4.92 Å². The van der Waals surface area contributed by atoms with Crippen molar-refractivity contribution in [2.75, 3.05) is 0 Å². The summed E-state index contributed by atoms with van der Waals surface area (Å²) in [4.78, 5) is 10.2. The van der Waals surface area contributed by atoms with Gasteiger partial charge < -0.3 is 0 Å². The summed E-state index contributed by atoms with van der Waals surface area (Å²) in [6.07, 6.45) is 1.78. The fourth-order valence-corrected chi connectivity index (χ4v) is 2.38. The number of non-ortho nitro benzene ring substituents is 1. The monoisotopic (exact) mass is 300 g/mol. The number of allylic oxidation sites excluding steroid dienone is 1. The molecule has 0 bridgehead atoms. The van der Waals surface area contributed by atoms with Gasteiger partial charge in [-0.2, -0.15) is 5.26 Å². The molecule has 23 heavy (non-hydrogen) atoms. The largest absolute Gasteiger partial charge is 0.269 e. The van der Waals surface area contributed by atoms with Crippen molar-refractivity contribution >= 4 is 17.3 Å². The van der Waals surface area contributed by atoms with E-state index in [2.05, 4.69) is 6.07 Å². The number of nitriles is 1. The zero-order valence-electron chi connectivity index (χ0n) is 12.1. The van der Waals surface area contributed by atoms with Crippen molar-refractivity contribution in [3.8, 4) is 17.2 Å². The molecule has 1 aromatic rings. The smallest absolute Gasteiger partial charge is 0.258 e. The van der Waals surface area contributed by atoms with Gasteiger partial charge in [0.15, 0.2) is 0 Å². The molecule has 2 aliphatic carbocycles. The van der Waals surface area contributed by atoms with Crippen LogP contribution in [0.1, 0.15) is 11.1 Å². The standard InChI is InChI=1S/C19H12N2O2/c20-13-18(17-8-10-19(11-9-17)21(22)23)12-14-4-6-15-2-1-3-16(15)7-5-14/h1-12H. The van der Waals surface area contributed by atoms with E-state index in [0.29, 0.717) is 11.1 Å². The minimum absolute atomic E-state index is 0.0101. The lowest BCUT2D eigenvalue weighted by atomic mass is 10.0. The van der Waals surface area contributed by atoms with E-state index in [0.717, 1.165) is 16.7 Å². The summed E-state index contributed by atoms with van der Waals surface area (Å²) in [5.41, 5.74) is 4.30. The van der Waals surface area contributed by atoms with Crippen LogP contribution in [-0.2, 0) is 0 Å². The van der Waals surface area contributed by atoms with Gasteiger partial charge in [0.1, 0.15) is 0 Å². The second-order valence-electron chi connectivity index (χ2n) is 5.08. The molecule has 0 heterocycles. The Kier molecular flexibility index (Phi) is 3.86. The van der Waals surface area contributed by atoms with Crippen LogP contribution in [0.15, 0.2) is 66.7 Å². The number of hydrogen-bond donors (Lipinski definition) is 0. The minimum atomic E-state index is -0.456. The second-order valence-corrected chi connectivity index (χ2v) is 5.08. The molecule has 4 nitrogen and oxygen atoms in total. The van der Waals surface area contributed by atoms with E-state index >= 15 is 0 Å². The Bertz CT molecular complexity index is 875. The van der Waals surface area contributed by atoms with Gasteiger partial charge in [0, 0.05) is 12.1 Å². The summed E-state index contributed by atoms with van der Waals surface area (Å²) >= 11 is 0. The van der Waals surface area contributed by atoms with E-state index in [1.807, 2.05) is 42.5 Å².